The minimum absolute atomic E-state index is 0.107. The van der Waals surface area contributed by atoms with Crippen molar-refractivity contribution in [3.63, 3.8) is 0 Å². The fourth-order valence-electron chi connectivity index (χ4n) is 6.62. The van der Waals surface area contributed by atoms with E-state index in [2.05, 4.69) is 29.4 Å². The zero-order chi connectivity index (χ0) is 19.6. The van der Waals surface area contributed by atoms with Gasteiger partial charge in [0.25, 0.3) is 0 Å². The number of H-pyrrole nitrogens is 1. The highest BCUT2D eigenvalue weighted by Gasteiger charge is 2.54. The summed E-state index contributed by atoms with van der Waals surface area (Å²) in [5, 5.41) is 3.24. The van der Waals surface area contributed by atoms with Crippen molar-refractivity contribution in [2.75, 3.05) is 5.32 Å². The molecule has 0 radical (unpaired) electrons. The van der Waals surface area contributed by atoms with Crippen LogP contribution in [-0.2, 0) is 4.79 Å². The number of amides is 1. The van der Waals surface area contributed by atoms with Crippen LogP contribution in [-0.4, -0.2) is 15.9 Å². The second kappa shape index (κ2) is 6.19. The summed E-state index contributed by atoms with van der Waals surface area (Å²) in [6.07, 6.45) is 7.37. The van der Waals surface area contributed by atoms with E-state index in [-0.39, 0.29) is 11.3 Å². The molecule has 7 rings (SSSR count). The average molecular weight is 386 g/mol. The lowest BCUT2D eigenvalue weighted by atomic mass is 9.49. The van der Waals surface area contributed by atoms with Crippen molar-refractivity contribution in [1.82, 2.24) is 9.97 Å². The van der Waals surface area contributed by atoms with Gasteiger partial charge in [-0.2, -0.15) is 0 Å². The number of hydrogen-bond donors (Lipinski definition) is 2. The quantitative estimate of drug-likeness (QED) is 0.608. The Kier molecular flexibility index (Phi) is 3.68. The lowest BCUT2D eigenvalue weighted by Crippen LogP contribution is -2.51. The first-order valence-corrected chi connectivity index (χ1v) is 10.9. The van der Waals surface area contributed by atoms with Crippen LogP contribution in [0.1, 0.15) is 44.1 Å². The maximum Gasteiger partial charge on any atom is 0.230 e. The first kappa shape index (κ1) is 17.3. The number of aromatic amines is 1. The molecule has 1 amide bonds. The largest absolute Gasteiger partial charge is 0.338 e. The zero-order valence-electron chi connectivity index (χ0n) is 16.9. The van der Waals surface area contributed by atoms with Crippen LogP contribution >= 0.6 is 0 Å². The van der Waals surface area contributed by atoms with Gasteiger partial charge in [0.05, 0.1) is 16.4 Å². The number of fused-ring (bicyclic) bond motifs is 1. The van der Waals surface area contributed by atoms with Crippen molar-refractivity contribution in [3.8, 4) is 11.4 Å². The summed E-state index contributed by atoms with van der Waals surface area (Å²) in [7, 11) is 0. The van der Waals surface area contributed by atoms with Gasteiger partial charge in [-0.15, -0.1) is 0 Å². The number of carbonyl (C=O) groups excluding carboxylic acids is 1. The van der Waals surface area contributed by atoms with Crippen LogP contribution in [0, 0.1) is 30.1 Å². The van der Waals surface area contributed by atoms with Crippen molar-refractivity contribution < 1.29 is 4.79 Å². The Morgan fingerprint density at radius 1 is 1.00 bits per heavy atom. The standard InChI is InChI=1S/C25H27N3O/c1-15-2-7-21-22(8-15)28-23(27-21)19-3-5-20(6-4-19)26-24(29)25-12-16-9-17(13-25)11-18(10-16)14-25/h2-8,16-18H,9-14H2,1H3,(H,26,29)(H,27,28). The molecule has 3 aromatic rings. The van der Waals surface area contributed by atoms with Crippen molar-refractivity contribution in [1.29, 1.82) is 0 Å². The lowest BCUT2D eigenvalue weighted by Gasteiger charge is -2.55. The molecule has 4 bridgehead atoms. The summed E-state index contributed by atoms with van der Waals surface area (Å²) in [5.41, 5.74) is 5.07. The average Bonchev–Trinajstić information content (AvgIpc) is 3.10. The maximum atomic E-state index is 13.2. The number of nitrogens with zero attached hydrogens (tertiary/aromatic N) is 1. The van der Waals surface area contributed by atoms with Gasteiger partial charge in [0.15, 0.2) is 0 Å². The fourth-order valence-corrected chi connectivity index (χ4v) is 6.62. The molecule has 4 heteroatoms. The molecule has 4 aliphatic rings. The van der Waals surface area contributed by atoms with Crippen LogP contribution < -0.4 is 5.32 Å². The molecular weight excluding hydrogens is 358 g/mol. The van der Waals surface area contributed by atoms with Gasteiger partial charge in [0.1, 0.15) is 5.82 Å². The monoisotopic (exact) mass is 385 g/mol. The first-order valence-electron chi connectivity index (χ1n) is 10.9. The van der Waals surface area contributed by atoms with Gasteiger partial charge in [0, 0.05) is 11.3 Å². The van der Waals surface area contributed by atoms with Crippen molar-refractivity contribution in [3.05, 3.63) is 48.0 Å². The molecule has 1 heterocycles. The molecular formula is C25H27N3O. The lowest BCUT2D eigenvalue weighted by molar-refractivity contribution is -0.140. The first-order chi connectivity index (χ1) is 14.1. The Labute approximate surface area is 171 Å². The van der Waals surface area contributed by atoms with E-state index < -0.39 is 0 Å². The number of carbonyl (C=O) groups is 1. The SMILES string of the molecule is Cc1ccc2nc(-c3ccc(NC(=O)C45CC6CC(CC(C6)C4)C5)cc3)[nH]c2c1. The minimum Gasteiger partial charge on any atom is -0.338 e. The highest BCUT2D eigenvalue weighted by molar-refractivity contribution is 5.96. The van der Waals surface area contributed by atoms with E-state index in [9.17, 15) is 4.79 Å². The Bertz CT molecular complexity index is 1060. The molecule has 0 saturated heterocycles. The smallest absolute Gasteiger partial charge is 0.230 e. The van der Waals surface area contributed by atoms with E-state index in [1.165, 1.54) is 24.8 Å². The van der Waals surface area contributed by atoms with Crippen LogP contribution in [0.2, 0.25) is 0 Å². The number of aryl methyl sites for hydroxylation is 1. The van der Waals surface area contributed by atoms with Crippen LogP contribution in [0.25, 0.3) is 22.4 Å². The molecule has 148 valence electrons. The summed E-state index contributed by atoms with van der Waals surface area (Å²) < 4.78 is 0. The predicted molar refractivity (Wildman–Crippen MR) is 116 cm³/mol. The van der Waals surface area contributed by atoms with Gasteiger partial charge in [0.2, 0.25) is 5.91 Å². The maximum absolute atomic E-state index is 13.2. The Morgan fingerprint density at radius 3 is 2.31 bits per heavy atom. The topological polar surface area (TPSA) is 57.8 Å². The van der Waals surface area contributed by atoms with E-state index >= 15 is 0 Å². The Morgan fingerprint density at radius 2 is 1.66 bits per heavy atom. The second-order valence-corrected chi connectivity index (χ2v) is 9.84. The summed E-state index contributed by atoms with van der Waals surface area (Å²) in [5.74, 6) is 3.47. The number of aromatic nitrogens is 2. The third kappa shape index (κ3) is 2.88. The van der Waals surface area contributed by atoms with E-state index in [4.69, 9.17) is 4.98 Å². The third-order valence-corrected chi connectivity index (χ3v) is 7.57. The zero-order valence-corrected chi connectivity index (χ0v) is 16.9. The number of imidazole rings is 1. The summed E-state index contributed by atoms with van der Waals surface area (Å²) in [6, 6.07) is 14.3. The number of nitrogens with one attached hydrogen (secondary N) is 2. The molecule has 0 spiro atoms. The third-order valence-electron chi connectivity index (χ3n) is 7.57. The molecule has 4 aliphatic carbocycles. The Balaban J connectivity index is 1.21. The predicted octanol–water partition coefficient (Wildman–Crippen LogP) is 5.69. The number of benzene rings is 2. The van der Waals surface area contributed by atoms with Crippen molar-refractivity contribution in [2.45, 2.75) is 45.4 Å². The summed E-state index contributed by atoms with van der Waals surface area (Å²) >= 11 is 0. The molecule has 4 saturated carbocycles. The molecule has 4 fully saturated rings. The van der Waals surface area contributed by atoms with Gasteiger partial charge in [-0.25, -0.2) is 4.98 Å². The highest BCUT2D eigenvalue weighted by Crippen LogP contribution is 2.60. The molecule has 4 nitrogen and oxygen atoms in total. The van der Waals surface area contributed by atoms with Crippen LogP contribution in [0.5, 0.6) is 0 Å². The van der Waals surface area contributed by atoms with Gasteiger partial charge in [-0.3, -0.25) is 4.79 Å². The summed E-state index contributed by atoms with van der Waals surface area (Å²) in [4.78, 5) is 21.3. The molecule has 0 aliphatic heterocycles. The number of hydrogen-bond acceptors (Lipinski definition) is 2. The number of rotatable bonds is 3. The van der Waals surface area contributed by atoms with Crippen LogP contribution in [0.4, 0.5) is 5.69 Å². The van der Waals surface area contributed by atoms with Crippen molar-refractivity contribution in [2.24, 2.45) is 23.2 Å². The molecule has 2 N–H and O–H groups in total. The molecule has 29 heavy (non-hydrogen) atoms. The molecule has 0 unspecified atom stereocenters. The van der Waals surface area contributed by atoms with E-state index in [1.54, 1.807) is 0 Å². The van der Waals surface area contributed by atoms with Gasteiger partial charge >= 0.3 is 0 Å². The van der Waals surface area contributed by atoms with Crippen LogP contribution in [0.3, 0.4) is 0 Å². The van der Waals surface area contributed by atoms with E-state index in [1.807, 2.05) is 30.3 Å². The minimum atomic E-state index is -0.107. The number of anilines is 1. The second-order valence-electron chi connectivity index (χ2n) is 9.84. The van der Waals surface area contributed by atoms with Gasteiger partial charge in [-0.1, -0.05) is 6.07 Å². The molecule has 0 atom stereocenters. The fraction of sp³-hybridized carbons (Fsp3) is 0.440. The highest BCUT2D eigenvalue weighted by atomic mass is 16.2. The molecule has 2 aromatic carbocycles. The van der Waals surface area contributed by atoms with E-state index in [0.29, 0.717) is 0 Å². The molecule has 1 aromatic heterocycles. The normalized spacial score (nSPS) is 30.0. The summed E-state index contributed by atoms with van der Waals surface area (Å²) in [6.45, 7) is 2.08. The van der Waals surface area contributed by atoms with Crippen molar-refractivity contribution >= 4 is 22.6 Å². The van der Waals surface area contributed by atoms with E-state index in [0.717, 1.165) is 65.1 Å². The van der Waals surface area contributed by atoms with Crippen LogP contribution in [0.15, 0.2) is 42.5 Å². The van der Waals surface area contributed by atoms with Gasteiger partial charge < -0.3 is 10.3 Å². The Hall–Kier alpha value is -2.62. The van der Waals surface area contributed by atoms with Gasteiger partial charge in [-0.05, 0) is 105 Å².